The molecule has 0 saturated heterocycles. The number of hydrogen-bond acceptors (Lipinski definition) is 4. The average molecular weight is 485 g/mol. The SMILES string of the molecule is CCN(CC)CC1Cc2ccc(CNS(=O)(=O)c3cnn(C)c3)cc2C1Cc1cccc(F)c1. The van der Waals surface area contributed by atoms with Crippen LogP contribution in [0, 0.1) is 11.7 Å². The number of sulfonamides is 1. The molecule has 0 amide bonds. The van der Waals surface area contributed by atoms with Gasteiger partial charge in [-0.25, -0.2) is 17.5 Å². The Kier molecular flexibility index (Phi) is 7.50. The van der Waals surface area contributed by atoms with Gasteiger partial charge in [-0.05, 0) is 72.2 Å². The van der Waals surface area contributed by atoms with Crippen molar-refractivity contribution in [2.75, 3.05) is 19.6 Å². The van der Waals surface area contributed by atoms with Crippen LogP contribution >= 0.6 is 0 Å². The molecule has 2 unspecified atom stereocenters. The highest BCUT2D eigenvalue weighted by Gasteiger charge is 2.33. The Bertz CT molecular complexity index is 1240. The number of hydrogen-bond donors (Lipinski definition) is 1. The molecule has 0 bridgehead atoms. The molecule has 0 spiro atoms. The summed E-state index contributed by atoms with van der Waals surface area (Å²) in [7, 11) is -1.95. The summed E-state index contributed by atoms with van der Waals surface area (Å²) in [6, 6.07) is 13.1. The number of fused-ring (bicyclic) bond motifs is 1. The maximum Gasteiger partial charge on any atom is 0.243 e. The van der Waals surface area contributed by atoms with E-state index in [-0.39, 0.29) is 23.2 Å². The Morgan fingerprint density at radius 1 is 1.15 bits per heavy atom. The first-order valence-electron chi connectivity index (χ1n) is 11.9. The third-order valence-corrected chi connectivity index (χ3v) is 8.21. The fourth-order valence-electron chi connectivity index (χ4n) is 4.96. The number of nitrogens with one attached hydrogen (secondary N) is 1. The molecule has 0 radical (unpaired) electrons. The van der Waals surface area contributed by atoms with E-state index in [1.807, 2.05) is 12.1 Å². The number of rotatable bonds is 10. The quantitative estimate of drug-likeness (QED) is 0.474. The minimum Gasteiger partial charge on any atom is -0.304 e. The third kappa shape index (κ3) is 5.56. The van der Waals surface area contributed by atoms with E-state index >= 15 is 0 Å². The molecular weight excluding hydrogens is 451 g/mol. The Morgan fingerprint density at radius 3 is 2.62 bits per heavy atom. The second-order valence-electron chi connectivity index (χ2n) is 9.10. The van der Waals surface area contributed by atoms with Crippen molar-refractivity contribution in [2.24, 2.45) is 13.0 Å². The molecule has 1 aliphatic rings. The van der Waals surface area contributed by atoms with Crippen molar-refractivity contribution in [1.82, 2.24) is 19.4 Å². The number of benzene rings is 2. The molecular formula is C26H33FN4O2S. The summed E-state index contributed by atoms with van der Waals surface area (Å²) in [4.78, 5) is 2.59. The summed E-state index contributed by atoms with van der Waals surface area (Å²) < 4.78 is 43.3. The van der Waals surface area contributed by atoms with Gasteiger partial charge in [0.2, 0.25) is 10.0 Å². The van der Waals surface area contributed by atoms with Gasteiger partial charge in [0.25, 0.3) is 0 Å². The molecule has 3 aromatic rings. The molecule has 0 fully saturated rings. The lowest BCUT2D eigenvalue weighted by molar-refractivity contribution is 0.237. The standard InChI is InChI=1S/C26H33FN4O2S/c1-4-31(5-2)17-22-14-21-10-9-20(15-29-34(32,33)24-16-28-30(3)18-24)13-25(21)26(22)12-19-7-6-8-23(27)11-19/h6-11,13,16,18,22,26,29H,4-5,12,14-15,17H2,1-3H3. The van der Waals surface area contributed by atoms with E-state index in [4.69, 9.17) is 0 Å². The summed E-state index contributed by atoms with van der Waals surface area (Å²) >= 11 is 0. The first-order valence-corrected chi connectivity index (χ1v) is 13.3. The molecule has 0 saturated carbocycles. The second kappa shape index (κ2) is 10.4. The molecule has 34 heavy (non-hydrogen) atoms. The van der Waals surface area contributed by atoms with Crippen LogP contribution in [0.25, 0.3) is 0 Å². The van der Waals surface area contributed by atoms with E-state index in [9.17, 15) is 12.8 Å². The van der Waals surface area contributed by atoms with Crippen LogP contribution in [0.4, 0.5) is 4.39 Å². The molecule has 1 aliphatic carbocycles. The van der Waals surface area contributed by atoms with Gasteiger partial charge >= 0.3 is 0 Å². The summed E-state index contributed by atoms with van der Waals surface area (Å²) in [5, 5.41) is 3.95. The van der Waals surface area contributed by atoms with Crippen molar-refractivity contribution >= 4 is 10.0 Å². The van der Waals surface area contributed by atoms with Crippen molar-refractivity contribution in [1.29, 1.82) is 0 Å². The largest absolute Gasteiger partial charge is 0.304 e. The molecule has 1 aromatic heterocycles. The van der Waals surface area contributed by atoms with Gasteiger partial charge in [0.15, 0.2) is 0 Å². The minimum absolute atomic E-state index is 0.152. The summed E-state index contributed by atoms with van der Waals surface area (Å²) in [6.45, 7) is 7.55. The fourth-order valence-corrected chi connectivity index (χ4v) is 5.96. The van der Waals surface area contributed by atoms with Gasteiger partial charge in [-0.3, -0.25) is 4.68 Å². The monoisotopic (exact) mass is 484 g/mol. The summed E-state index contributed by atoms with van der Waals surface area (Å²) in [6.07, 6.45) is 4.57. The average Bonchev–Trinajstić information content (AvgIpc) is 3.40. The zero-order valence-corrected chi connectivity index (χ0v) is 20.9. The van der Waals surface area contributed by atoms with Crippen molar-refractivity contribution in [3.05, 3.63) is 82.9 Å². The number of aromatic nitrogens is 2. The van der Waals surface area contributed by atoms with Crippen LogP contribution in [0.3, 0.4) is 0 Å². The smallest absolute Gasteiger partial charge is 0.243 e. The van der Waals surface area contributed by atoms with Crippen LogP contribution in [0.5, 0.6) is 0 Å². The van der Waals surface area contributed by atoms with Gasteiger partial charge in [0.1, 0.15) is 10.7 Å². The Labute approximate surface area is 201 Å². The maximum atomic E-state index is 13.9. The number of aryl methyl sites for hydroxylation is 1. The normalized spacial score (nSPS) is 17.9. The van der Waals surface area contributed by atoms with Crippen molar-refractivity contribution < 1.29 is 12.8 Å². The van der Waals surface area contributed by atoms with Gasteiger partial charge in [-0.1, -0.05) is 44.2 Å². The predicted octanol–water partition coefficient (Wildman–Crippen LogP) is 3.88. The van der Waals surface area contributed by atoms with Crippen LogP contribution in [0.1, 0.15) is 42.0 Å². The molecule has 1 N–H and O–H groups in total. The molecule has 6 nitrogen and oxygen atoms in total. The van der Waals surface area contributed by atoms with E-state index in [0.29, 0.717) is 5.92 Å². The van der Waals surface area contributed by atoms with E-state index < -0.39 is 10.0 Å². The van der Waals surface area contributed by atoms with Crippen molar-refractivity contribution in [3.63, 3.8) is 0 Å². The van der Waals surface area contributed by atoms with Gasteiger partial charge in [-0.15, -0.1) is 0 Å². The number of halogens is 1. The second-order valence-corrected chi connectivity index (χ2v) is 10.9. The minimum atomic E-state index is -3.63. The highest BCUT2D eigenvalue weighted by atomic mass is 32.2. The first kappa shape index (κ1) is 24.6. The van der Waals surface area contributed by atoms with Crippen LogP contribution in [-0.2, 0) is 36.5 Å². The zero-order chi connectivity index (χ0) is 24.3. The van der Waals surface area contributed by atoms with Gasteiger partial charge in [0.05, 0.1) is 6.20 Å². The van der Waals surface area contributed by atoms with E-state index in [1.54, 1.807) is 19.2 Å². The molecule has 4 rings (SSSR count). The highest BCUT2D eigenvalue weighted by Crippen LogP contribution is 2.41. The molecule has 182 valence electrons. The Balaban J connectivity index is 1.57. The Hall–Kier alpha value is -2.55. The molecule has 2 aromatic carbocycles. The topological polar surface area (TPSA) is 67.2 Å². The molecule has 2 atom stereocenters. The summed E-state index contributed by atoms with van der Waals surface area (Å²) in [5.74, 6) is 0.474. The van der Waals surface area contributed by atoms with E-state index in [0.717, 1.165) is 43.6 Å². The first-order chi connectivity index (χ1) is 16.3. The van der Waals surface area contributed by atoms with Crippen molar-refractivity contribution in [3.8, 4) is 0 Å². The van der Waals surface area contributed by atoms with E-state index in [2.05, 4.69) is 40.7 Å². The third-order valence-electron chi connectivity index (χ3n) is 6.85. The zero-order valence-electron chi connectivity index (χ0n) is 20.0. The molecule has 8 heteroatoms. The van der Waals surface area contributed by atoms with Crippen LogP contribution < -0.4 is 4.72 Å². The predicted molar refractivity (Wildman–Crippen MR) is 132 cm³/mol. The van der Waals surface area contributed by atoms with Gasteiger partial charge in [0, 0.05) is 26.3 Å². The number of nitrogens with zero attached hydrogens (tertiary/aromatic N) is 3. The highest BCUT2D eigenvalue weighted by molar-refractivity contribution is 7.89. The lowest BCUT2D eigenvalue weighted by Gasteiger charge is -2.27. The lowest BCUT2D eigenvalue weighted by Crippen LogP contribution is -2.31. The molecule has 1 heterocycles. The summed E-state index contributed by atoms with van der Waals surface area (Å²) in [5.41, 5.74) is 4.46. The van der Waals surface area contributed by atoms with Gasteiger partial charge < -0.3 is 4.90 Å². The van der Waals surface area contributed by atoms with Crippen LogP contribution in [0.2, 0.25) is 0 Å². The maximum absolute atomic E-state index is 13.9. The van der Waals surface area contributed by atoms with E-state index in [1.165, 1.54) is 34.3 Å². The molecule has 0 aliphatic heterocycles. The lowest BCUT2D eigenvalue weighted by atomic mass is 9.86. The van der Waals surface area contributed by atoms with Crippen molar-refractivity contribution in [2.45, 2.75) is 44.0 Å². The fraction of sp³-hybridized carbons (Fsp3) is 0.423. The Morgan fingerprint density at radius 2 is 1.94 bits per heavy atom. The van der Waals surface area contributed by atoms with Crippen LogP contribution in [0.15, 0.2) is 59.8 Å². The van der Waals surface area contributed by atoms with Gasteiger partial charge in [-0.2, -0.15) is 5.10 Å². The van der Waals surface area contributed by atoms with Crippen LogP contribution in [-0.4, -0.2) is 42.7 Å².